The number of ketones is 1. The number of Topliss-reactive ketones (excluding diaryl/α,β-unsaturated/α-hetero) is 1. The Morgan fingerprint density at radius 2 is 2.03 bits per heavy atom. The molecule has 1 unspecified atom stereocenters. The third kappa shape index (κ3) is 4.17. The molecule has 6 heteroatoms. The number of carbonyl (C=O) groups excluding carboxylic acids is 2. The third-order valence-electron chi connectivity index (χ3n) is 5.38. The second-order valence-electron chi connectivity index (χ2n) is 8.51. The van der Waals surface area contributed by atoms with E-state index in [0.29, 0.717) is 4.88 Å². The fourth-order valence-corrected chi connectivity index (χ4v) is 4.86. The van der Waals surface area contributed by atoms with Crippen LogP contribution in [0.1, 0.15) is 59.7 Å². The number of aromatic nitrogens is 2. The van der Waals surface area contributed by atoms with Crippen LogP contribution in [0.25, 0.3) is 5.69 Å². The summed E-state index contributed by atoms with van der Waals surface area (Å²) in [7, 11) is 0. The van der Waals surface area contributed by atoms with Gasteiger partial charge in [0.05, 0.1) is 34.9 Å². The van der Waals surface area contributed by atoms with Gasteiger partial charge in [-0.1, -0.05) is 32.0 Å². The van der Waals surface area contributed by atoms with Crippen LogP contribution in [0, 0.1) is 5.41 Å². The maximum Gasteiger partial charge on any atom is 0.224 e. The van der Waals surface area contributed by atoms with E-state index in [9.17, 15) is 9.59 Å². The van der Waals surface area contributed by atoms with E-state index in [-0.39, 0.29) is 29.6 Å². The van der Waals surface area contributed by atoms with E-state index in [4.69, 9.17) is 0 Å². The van der Waals surface area contributed by atoms with Gasteiger partial charge in [-0.2, -0.15) is 5.10 Å². The summed E-state index contributed by atoms with van der Waals surface area (Å²) in [6.07, 6.45) is 3.95. The first-order valence-corrected chi connectivity index (χ1v) is 10.7. The molecule has 0 aliphatic heterocycles. The Kier molecular flexibility index (Phi) is 5.13. The molecule has 1 aliphatic carbocycles. The minimum Gasteiger partial charge on any atom is -0.349 e. The van der Waals surface area contributed by atoms with Crippen molar-refractivity contribution in [2.45, 2.75) is 46.1 Å². The number of hydrogen-bond acceptors (Lipinski definition) is 4. The lowest BCUT2D eigenvalue weighted by atomic mass is 9.74. The van der Waals surface area contributed by atoms with Gasteiger partial charge in [0.1, 0.15) is 0 Å². The highest BCUT2D eigenvalue weighted by molar-refractivity contribution is 7.12. The van der Waals surface area contributed by atoms with E-state index >= 15 is 0 Å². The van der Waals surface area contributed by atoms with Gasteiger partial charge in [0.2, 0.25) is 5.91 Å². The van der Waals surface area contributed by atoms with Crippen molar-refractivity contribution in [3.8, 4) is 5.69 Å². The van der Waals surface area contributed by atoms with Gasteiger partial charge in [-0.15, -0.1) is 11.3 Å². The molecule has 1 aromatic carbocycles. The molecule has 29 heavy (non-hydrogen) atoms. The quantitative estimate of drug-likeness (QED) is 0.633. The summed E-state index contributed by atoms with van der Waals surface area (Å²) in [5.74, 6) is 0.00710. The van der Waals surface area contributed by atoms with Crippen LogP contribution in [0.4, 0.5) is 0 Å². The van der Waals surface area contributed by atoms with Crippen molar-refractivity contribution in [1.29, 1.82) is 0 Å². The summed E-state index contributed by atoms with van der Waals surface area (Å²) in [4.78, 5) is 24.9. The minimum absolute atomic E-state index is 0.0287. The van der Waals surface area contributed by atoms with E-state index in [1.165, 1.54) is 11.3 Å². The van der Waals surface area contributed by atoms with Crippen molar-refractivity contribution in [1.82, 2.24) is 15.1 Å². The Hall–Kier alpha value is -2.73. The second kappa shape index (κ2) is 7.59. The topological polar surface area (TPSA) is 64.0 Å². The Morgan fingerprint density at radius 1 is 1.28 bits per heavy atom. The zero-order valence-corrected chi connectivity index (χ0v) is 17.8. The molecule has 1 amide bonds. The van der Waals surface area contributed by atoms with Gasteiger partial charge in [0.25, 0.3) is 0 Å². The van der Waals surface area contributed by atoms with Crippen LogP contribution < -0.4 is 5.32 Å². The van der Waals surface area contributed by atoms with Crippen LogP contribution in [-0.4, -0.2) is 21.5 Å². The molecule has 5 nitrogen and oxygen atoms in total. The van der Waals surface area contributed by atoms with E-state index in [0.717, 1.165) is 35.3 Å². The fourth-order valence-electron chi connectivity index (χ4n) is 4.05. The van der Waals surface area contributed by atoms with Crippen molar-refractivity contribution in [3.05, 3.63) is 69.7 Å². The molecule has 2 aromatic heterocycles. The van der Waals surface area contributed by atoms with Crippen molar-refractivity contribution >= 4 is 23.0 Å². The summed E-state index contributed by atoms with van der Waals surface area (Å²) in [5.41, 5.74) is 4.23. The Morgan fingerprint density at radius 3 is 2.72 bits per heavy atom. The number of nitrogens with zero attached hydrogens (tertiary/aromatic N) is 2. The molecule has 0 saturated carbocycles. The molecule has 0 bridgehead atoms. The summed E-state index contributed by atoms with van der Waals surface area (Å²) in [6, 6.07) is 11.9. The number of hydrogen-bond donors (Lipinski definition) is 1. The number of carbonyl (C=O) groups is 2. The molecule has 0 radical (unpaired) electrons. The summed E-state index contributed by atoms with van der Waals surface area (Å²) in [5, 5.41) is 9.73. The molecule has 3 aromatic rings. The first-order chi connectivity index (χ1) is 13.8. The van der Waals surface area contributed by atoms with Crippen LogP contribution in [0.15, 0.2) is 48.0 Å². The number of amides is 1. The summed E-state index contributed by atoms with van der Waals surface area (Å²) < 4.78 is 1.99. The predicted octanol–water partition coefficient (Wildman–Crippen LogP) is 4.51. The van der Waals surface area contributed by atoms with Crippen LogP contribution in [0.5, 0.6) is 0 Å². The van der Waals surface area contributed by atoms with Gasteiger partial charge in [0.15, 0.2) is 5.78 Å². The molecule has 0 spiro atoms. The lowest BCUT2D eigenvalue weighted by Crippen LogP contribution is -2.37. The minimum atomic E-state index is -0.0652. The van der Waals surface area contributed by atoms with Gasteiger partial charge in [0, 0.05) is 5.56 Å². The largest absolute Gasteiger partial charge is 0.349 e. The molecule has 4 rings (SSSR count). The SMILES string of the molecule is CC(=O)c1cc(CC(=O)NC2CC(C)(C)Cc3c2cnn3-c2ccccc2)cs1. The molecular formula is C23H25N3O2S. The fraction of sp³-hybridized carbons (Fsp3) is 0.348. The van der Waals surface area contributed by atoms with E-state index in [1.807, 2.05) is 52.7 Å². The van der Waals surface area contributed by atoms with E-state index < -0.39 is 0 Å². The standard InChI is InChI=1S/C23H25N3O2S/c1-15(27)21-9-16(14-29-21)10-22(28)25-19-11-23(2,3)12-20-18(19)13-24-26(20)17-7-5-4-6-8-17/h4-9,13-14,19H,10-12H2,1-3H3,(H,25,28). The lowest BCUT2D eigenvalue weighted by Gasteiger charge is -2.36. The van der Waals surface area contributed by atoms with Gasteiger partial charge in [-0.25, -0.2) is 4.68 Å². The molecule has 0 saturated heterocycles. The highest BCUT2D eigenvalue weighted by atomic mass is 32.1. The molecular weight excluding hydrogens is 382 g/mol. The number of fused-ring (bicyclic) bond motifs is 1. The molecule has 2 heterocycles. The molecule has 1 aliphatic rings. The molecule has 0 fully saturated rings. The third-order valence-corrected chi connectivity index (χ3v) is 6.46. The zero-order chi connectivity index (χ0) is 20.6. The maximum atomic E-state index is 12.7. The van der Waals surface area contributed by atoms with Crippen LogP contribution >= 0.6 is 11.3 Å². The molecule has 1 atom stereocenters. The second-order valence-corrected chi connectivity index (χ2v) is 9.42. The number of para-hydroxylation sites is 1. The van der Waals surface area contributed by atoms with Gasteiger partial charge >= 0.3 is 0 Å². The summed E-state index contributed by atoms with van der Waals surface area (Å²) >= 11 is 1.39. The first-order valence-electron chi connectivity index (χ1n) is 9.82. The van der Waals surface area contributed by atoms with Crippen molar-refractivity contribution < 1.29 is 9.59 Å². The van der Waals surface area contributed by atoms with Crippen LogP contribution in [0.2, 0.25) is 0 Å². The maximum absolute atomic E-state index is 12.7. The van der Waals surface area contributed by atoms with Crippen molar-refractivity contribution in [2.24, 2.45) is 5.41 Å². The van der Waals surface area contributed by atoms with Crippen molar-refractivity contribution in [3.63, 3.8) is 0 Å². The Labute approximate surface area is 174 Å². The average molecular weight is 408 g/mol. The predicted molar refractivity (Wildman–Crippen MR) is 115 cm³/mol. The van der Waals surface area contributed by atoms with E-state index in [2.05, 4.69) is 24.3 Å². The van der Waals surface area contributed by atoms with Crippen LogP contribution in [0.3, 0.4) is 0 Å². The summed E-state index contributed by atoms with van der Waals surface area (Å²) in [6.45, 7) is 6.01. The van der Waals surface area contributed by atoms with Gasteiger partial charge < -0.3 is 5.32 Å². The van der Waals surface area contributed by atoms with Crippen molar-refractivity contribution in [2.75, 3.05) is 0 Å². The Bertz CT molecular complexity index is 1050. The average Bonchev–Trinajstić information content (AvgIpc) is 3.28. The van der Waals surface area contributed by atoms with Crippen LogP contribution in [-0.2, 0) is 17.6 Å². The number of nitrogens with one attached hydrogen (secondary N) is 1. The molecule has 150 valence electrons. The van der Waals surface area contributed by atoms with Gasteiger partial charge in [-0.05, 0) is 54.3 Å². The Balaban J connectivity index is 1.56. The normalized spacial score (nSPS) is 17.6. The monoisotopic (exact) mass is 407 g/mol. The van der Waals surface area contributed by atoms with E-state index in [1.54, 1.807) is 6.92 Å². The highest BCUT2D eigenvalue weighted by Gasteiger charge is 2.36. The number of thiophene rings is 1. The number of rotatable bonds is 5. The zero-order valence-electron chi connectivity index (χ0n) is 16.9. The number of benzene rings is 1. The lowest BCUT2D eigenvalue weighted by molar-refractivity contribution is -0.121. The van der Waals surface area contributed by atoms with Gasteiger partial charge in [-0.3, -0.25) is 9.59 Å². The first kappa shape index (κ1) is 19.6. The smallest absolute Gasteiger partial charge is 0.224 e. The molecule has 1 N–H and O–H groups in total. The highest BCUT2D eigenvalue weighted by Crippen LogP contribution is 2.41.